The molecule has 3 aromatic rings. The molecule has 0 unspecified atom stereocenters. The highest BCUT2D eigenvalue weighted by Crippen LogP contribution is 2.34. The first kappa shape index (κ1) is 19.2. The second-order valence-electron chi connectivity index (χ2n) is 5.51. The van der Waals surface area contributed by atoms with E-state index in [2.05, 4.69) is 20.6 Å². The number of hydrogen-bond acceptors (Lipinski definition) is 4. The minimum Gasteiger partial charge on any atom is -0.334 e. The summed E-state index contributed by atoms with van der Waals surface area (Å²) in [5, 5.41) is 4.50. The van der Waals surface area contributed by atoms with E-state index in [-0.39, 0.29) is 11.5 Å². The van der Waals surface area contributed by atoms with Crippen molar-refractivity contribution in [3.05, 3.63) is 77.8 Å². The van der Waals surface area contributed by atoms with Gasteiger partial charge in [0.1, 0.15) is 28.8 Å². The van der Waals surface area contributed by atoms with Gasteiger partial charge in [0.15, 0.2) is 0 Å². The number of alkyl halides is 3. The van der Waals surface area contributed by atoms with Crippen LogP contribution < -0.4 is 10.6 Å². The fourth-order valence-corrected chi connectivity index (χ4v) is 2.28. The molecule has 0 aliphatic carbocycles. The highest BCUT2D eigenvalue weighted by Gasteiger charge is 2.33. The molecule has 0 aliphatic heterocycles. The standard InChI is InChI=1S/C18H11F5N4O/c19-11-5-3-6-12(20)16(11)27-15-9-24-14(8-25-15)17(28)26-13-7-2-1-4-10(13)18(21,22)23/h1-9H,(H,25,27)(H,26,28). The van der Waals surface area contributed by atoms with E-state index in [1.807, 2.05) is 0 Å². The van der Waals surface area contributed by atoms with E-state index < -0.39 is 40.7 Å². The highest BCUT2D eigenvalue weighted by atomic mass is 19.4. The number of halogens is 5. The molecule has 5 nitrogen and oxygen atoms in total. The van der Waals surface area contributed by atoms with Gasteiger partial charge in [0.05, 0.1) is 23.6 Å². The lowest BCUT2D eigenvalue weighted by Crippen LogP contribution is -2.18. The van der Waals surface area contributed by atoms with Gasteiger partial charge < -0.3 is 10.6 Å². The average Bonchev–Trinajstić information content (AvgIpc) is 2.65. The van der Waals surface area contributed by atoms with Gasteiger partial charge in [0.2, 0.25) is 0 Å². The van der Waals surface area contributed by atoms with Gasteiger partial charge in [-0.3, -0.25) is 4.79 Å². The molecule has 28 heavy (non-hydrogen) atoms. The van der Waals surface area contributed by atoms with E-state index in [9.17, 15) is 26.7 Å². The molecule has 10 heteroatoms. The van der Waals surface area contributed by atoms with Crippen LogP contribution in [0.25, 0.3) is 0 Å². The number of para-hydroxylation sites is 2. The summed E-state index contributed by atoms with van der Waals surface area (Å²) in [6.45, 7) is 0. The van der Waals surface area contributed by atoms with E-state index in [1.165, 1.54) is 18.2 Å². The molecule has 0 aliphatic rings. The molecule has 0 bridgehead atoms. The fraction of sp³-hybridized carbons (Fsp3) is 0.0556. The molecule has 2 N–H and O–H groups in total. The van der Waals surface area contributed by atoms with Crippen molar-refractivity contribution in [2.45, 2.75) is 6.18 Å². The molecule has 1 amide bonds. The van der Waals surface area contributed by atoms with Crippen molar-refractivity contribution >= 4 is 23.1 Å². The predicted octanol–water partition coefficient (Wildman–Crippen LogP) is 4.77. The van der Waals surface area contributed by atoms with Crippen LogP contribution in [0.5, 0.6) is 0 Å². The van der Waals surface area contributed by atoms with E-state index >= 15 is 0 Å². The lowest BCUT2D eigenvalue weighted by molar-refractivity contribution is -0.136. The summed E-state index contributed by atoms with van der Waals surface area (Å²) in [6, 6.07) is 7.74. The SMILES string of the molecule is O=C(Nc1ccccc1C(F)(F)F)c1cnc(Nc2c(F)cccc2F)cn1. The van der Waals surface area contributed by atoms with Gasteiger partial charge in [-0.15, -0.1) is 0 Å². The largest absolute Gasteiger partial charge is 0.418 e. The summed E-state index contributed by atoms with van der Waals surface area (Å²) < 4.78 is 66.2. The number of nitrogens with zero attached hydrogens (tertiary/aromatic N) is 2. The van der Waals surface area contributed by atoms with Crippen LogP contribution in [0, 0.1) is 11.6 Å². The summed E-state index contributed by atoms with van der Waals surface area (Å²) in [7, 11) is 0. The smallest absolute Gasteiger partial charge is 0.334 e. The number of rotatable bonds is 4. The number of carbonyl (C=O) groups is 1. The number of nitrogens with one attached hydrogen (secondary N) is 2. The van der Waals surface area contributed by atoms with Crippen LogP contribution in [0.1, 0.15) is 16.1 Å². The molecule has 1 aromatic heterocycles. The molecule has 0 spiro atoms. The Hall–Kier alpha value is -3.56. The Balaban J connectivity index is 1.77. The Labute approximate surface area is 155 Å². The Bertz CT molecular complexity index is 985. The van der Waals surface area contributed by atoms with E-state index in [0.717, 1.165) is 36.7 Å². The second-order valence-corrected chi connectivity index (χ2v) is 5.51. The number of aromatic nitrogens is 2. The average molecular weight is 394 g/mol. The van der Waals surface area contributed by atoms with Gasteiger partial charge in [-0.1, -0.05) is 18.2 Å². The van der Waals surface area contributed by atoms with Crippen molar-refractivity contribution in [1.29, 1.82) is 0 Å². The van der Waals surface area contributed by atoms with Crippen molar-refractivity contribution in [2.24, 2.45) is 0 Å². The molecular weight excluding hydrogens is 383 g/mol. The van der Waals surface area contributed by atoms with Gasteiger partial charge >= 0.3 is 6.18 Å². The van der Waals surface area contributed by atoms with Gasteiger partial charge in [-0.2, -0.15) is 13.2 Å². The summed E-state index contributed by atoms with van der Waals surface area (Å²) in [5.74, 6) is -2.69. The van der Waals surface area contributed by atoms with Crippen LogP contribution >= 0.6 is 0 Å². The molecule has 3 rings (SSSR count). The predicted molar refractivity (Wildman–Crippen MR) is 91.1 cm³/mol. The Morgan fingerprint density at radius 1 is 0.893 bits per heavy atom. The maximum absolute atomic E-state index is 13.6. The first-order valence-electron chi connectivity index (χ1n) is 7.76. The summed E-state index contributed by atoms with van der Waals surface area (Å²) in [4.78, 5) is 19.7. The van der Waals surface area contributed by atoms with Crippen molar-refractivity contribution in [3.8, 4) is 0 Å². The van der Waals surface area contributed by atoms with Gasteiger partial charge in [0.25, 0.3) is 5.91 Å². The van der Waals surface area contributed by atoms with Crippen LogP contribution in [0.15, 0.2) is 54.9 Å². The van der Waals surface area contributed by atoms with Gasteiger partial charge in [-0.25, -0.2) is 18.7 Å². The molecule has 0 fully saturated rings. The molecule has 2 aromatic carbocycles. The minimum absolute atomic E-state index is 0.0590. The quantitative estimate of drug-likeness (QED) is 0.626. The van der Waals surface area contributed by atoms with E-state index in [1.54, 1.807) is 0 Å². The van der Waals surface area contributed by atoms with Gasteiger partial charge in [-0.05, 0) is 24.3 Å². The van der Waals surface area contributed by atoms with Crippen molar-refractivity contribution < 1.29 is 26.7 Å². The number of hydrogen-bond donors (Lipinski definition) is 2. The summed E-state index contributed by atoms with van der Waals surface area (Å²) >= 11 is 0. The molecule has 0 atom stereocenters. The number of amides is 1. The molecule has 0 saturated carbocycles. The number of carbonyl (C=O) groups excluding carboxylic acids is 1. The first-order chi connectivity index (χ1) is 13.3. The van der Waals surface area contributed by atoms with Crippen LogP contribution in [0.4, 0.5) is 39.1 Å². The summed E-state index contributed by atoms with van der Waals surface area (Å²) in [5.41, 5.74) is -2.17. The minimum atomic E-state index is -4.65. The van der Waals surface area contributed by atoms with Crippen molar-refractivity contribution in [1.82, 2.24) is 9.97 Å². The molecule has 0 saturated heterocycles. The lowest BCUT2D eigenvalue weighted by Gasteiger charge is -2.13. The number of anilines is 3. The summed E-state index contributed by atoms with van der Waals surface area (Å²) in [6.07, 6.45) is -2.66. The molecule has 1 heterocycles. The van der Waals surface area contributed by atoms with Crippen LogP contribution in [0.2, 0.25) is 0 Å². The third-order valence-corrected chi connectivity index (χ3v) is 3.58. The lowest BCUT2D eigenvalue weighted by atomic mass is 10.1. The van der Waals surface area contributed by atoms with Crippen molar-refractivity contribution in [2.75, 3.05) is 10.6 Å². The maximum Gasteiger partial charge on any atom is 0.418 e. The number of benzene rings is 2. The van der Waals surface area contributed by atoms with Crippen LogP contribution in [0.3, 0.4) is 0 Å². The third kappa shape index (κ3) is 4.22. The monoisotopic (exact) mass is 394 g/mol. The highest BCUT2D eigenvalue weighted by molar-refractivity contribution is 6.03. The second kappa shape index (κ2) is 7.59. The van der Waals surface area contributed by atoms with E-state index in [4.69, 9.17) is 0 Å². The maximum atomic E-state index is 13.6. The molecule has 0 radical (unpaired) electrons. The van der Waals surface area contributed by atoms with Crippen molar-refractivity contribution in [3.63, 3.8) is 0 Å². The topological polar surface area (TPSA) is 66.9 Å². The Morgan fingerprint density at radius 3 is 2.18 bits per heavy atom. The van der Waals surface area contributed by atoms with Crippen LogP contribution in [-0.4, -0.2) is 15.9 Å². The van der Waals surface area contributed by atoms with Crippen LogP contribution in [-0.2, 0) is 6.18 Å². The zero-order valence-corrected chi connectivity index (χ0v) is 13.9. The molecular formula is C18H11F5N4O. The van der Waals surface area contributed by atoms with Gasteiger partial charge in [0, 0.05) is 0 Å². The first-order valence-corrected chi connectivity index (χ1v) is 7.76. The van der Waals surface area contributed by atoms with E-state index in [0.29, 0.717) is 0 Å². The zero-order chi connectivity index (χ0) is 20.3. The Kier molecular flexibility index (Phi) is 5.21. The molecule has 144 valence electrons. The third-order valence-electron chi connectivity index (χ3n) is 3.58. The fourth-order valence-electron chi connectivity index (χ4n) is 2.28. The normalized spacial score (nSPS) is 11.2. The Morgan fingerprint density at radius 2 is 1.57 bits per heavy atom. The zero-order valence-electron chi connectivity index (χ0n) is 13.9.